The maximum Gasteiger partial charge on any atom is 0.216 e. The van der Waals surface area contributed by atoms with Gasteiger partial charge in [-0.15, -0.1) is 11.8 Å². The molecule has 112 valence electrons. The lowest BCUT2D eigenvalue weighted by atomic mass is 10.0. The molecule has 2 nitrogen and oxygen atoms in total. The molecule has 0 atom stereocenters. The number of ether oxygens (including phenoxy) is 1. The minimum Gasteiger partial charge on any atom is -0.497 e. The van der Waals surface area contributed by atoms with E-state index in [0.717, 1.165) is 5.75 Å². The number of allylic oxidation sites excluding steroid dienone is 1. The first-order valence-corrected chi connectivity index (χ1v) is 8.47. The van der Waals surface area contributed by atoms with Gasteiger partial charge in [-0.3, -0.25) is 0 Å². The highest BCUT2D eigenvalue weighted by Crippen LogP contribution is 2.43. The second kappa shape index (κ2) is 6.01. The van der Waals surface area contributed by atoms with Crippen molar-refractivity contribution < 1.29 is 9.31 Å². The van der Waals surface area contributed by atoms with Gasteiger partial charge in [-0.1, -0.05) is 30.3 Å². The number of hydrogen-bond acceptors (Lipinski definition) is 2. The van der Waals surface area contributed by atoms with E-state index in [9.17, 15) is 0 Å². The molecule has 2 aromatic carbocycles. The average molecular weight is 310 g/mol. The van der Waals surface area contributed by atoms with Crippen LogP contribution in [0.3, 0.4) is 0 Å². The zero-order valence-electron chi connectivity index (χ0n) is 13.4. The van der Waals surface area contributed by atoms with Crippen LogP contribution < -0.4 is 4.74 Å². The van der Waals surface area contributed by atoms with Crippen molar-refractivity contribution in [2.24, 2.45) is 0 Å². The predicted molar refractivity (Wildman–Crippen MR) is 96.0 cm³/mol. The predicted octanol–water partition coefficient (Wildman–Crippen LogP) is 4.00. The van der Waals surface area contributed by atoms with Gasteiger partial charge in [0.2, 0.25) is 5.71 Å². The average Bonchev–Trinajstić information content (AvgIpc) is 2.89. The fourth-order valence-electron chi connectivity index (χ4n) is 2.97. The minimum atomic E-state index is 0.886. The van der Waals surface area contributed by atoms with Crippen molar-refractivity contribution in [2.75, 3.05) is 27.5 Å². The Kier molecular flexibility index (Phi) is 4.08. The van der Waals surface area contributed by atoms with Gasteiger partial charge in [0, 0.05) is 10.5 Å². The highest BCUT2D eigenvalue weighted by Gasteiger charge is 2.33. The molecule has 0 spiro atoms. The van der Waals surface area contributed by atoms with Gasteiger partial charge in [-0.25, -0.2) is 4.58 Å². The lowest BCUT2D eigenvalue weighted by Crippen LogP contribution is -2.14. The molecule has 0 amide bonds. The molecule has 0 radical (unpaired) electrons. The number of benzene rings is 2. The van der Waals surface area contributed by atoms with E-state index < -0.39 is 0 Å². The molecule has 0 N–H and O–H groups in total. The van der Waals surface area contributed by atoms with Gasteiger partial charge in [-0.2, -0.15) is 0 Å². The van der Waals surface area contributed by atoms with Crippen LogP contribution in [-0.4, -0.2) is 37.7 Å². The Morgan fingerprint density at radius 1 is 0.909 bits per heavy atom. The van der Waals surface area contributed by atoms with Crippen molar-refractivity contribution in [3.05, 3.63) is 65.2 Å². The summed E-state index contributed by atoms with van der Waals surface area (Å²) < 4.78 is 7.49. The van der Waals surface area contributed by atoms with Gasteiger partial charge >= 0.3 is 0 Å². The third-order valence-corrected chi connectivity index (χ3v) is 4.75. The molecule has 2 aromatic rings. The first kappa shape index (κ1) is 14.9. The zero-order chi connectivity index (χ0) is 15.7. The summed E-state index contributed by atoms with van der Waals surface area (Å²) in [5.74, 6) is 0.886. The second-order valence-electron chi connectivity index (χ2n) is 5.43. The number of fused-ring (bicyclic) bond motifs is 1. The molecule has 0 aromatic heterocycles. The molecule has 0 fully saturated rings. The van der Waals surface area contributed by atoms with Crippen molar-refractivity contribution in [3.63, 3.8) is 0 Å². The van der Waals surface area contributed by atoms with Gasteiger partial charge in [0.15, 0.2) is 0 Å². The Labute approximate surface area is 136 Å². The summed E-state index contributed by atoms with van der Waals surface area (Å²) in [7, 11) is 5.92. The van der Waals surface area contributed by atoms with Crippen LogP contribution >= 0.6 is 11.8 Å². The molecule has 0 unspecified atom stereocenters. The van der Waals surface area contributed by atoms with Crippen LogP contribution in [0.2, 0.25) is 0 Å². The molecule has 22 heavy (non-hydrogen) atoms. The van der Waals surface area contributed by atoms with E-state index in [1.807, 2.05) is 23.9 Å². The lowest BCUT2D eigenvalue weighted by Gasteiger charge is -2.07. The Morgan fingerprint density at radius 3 is 2.09 bits per heavy atom. The summed E-state index contributed by atoms with van der Waals surface area (Å²) in [5.41, 5.74) is 6.45. The maximum absolute atomic E-state index is 5.28. The third kappa shape index (κ3) is 2.35. The molecular weight excluding hydrogens is 290 g/mol. The third-order valence-electron chi connectivity index (χ3n) is 3.92. The van der Waals surface area contributed by atoms with Gasteiger partial charge in [-0.05, 0) is 30.0 Å². The summed E-state index contributed by atoms with van der Waals surface area (Å²) in [6.07, 6.45) is 2.15. The van der Waals surface area contributed by atoms with E-state index in [1.54, 1.807) is 7.11 Å². The van der Waals surface area contributed by atoms with Crippen molar-refractivity contribution in [3.8, 4) is 5.75 Å². The monoisotopic (exact) mass is 310 g/mol. The highest BCUT2D eigenvalue weighted by atomic mass is 32.2. The number of hydrogen-bond donors (Lipinski definition) is 0. The molecule has 0 heterocycles. The molecule has 3 heteroatoms. The maximum atomic E-state index is 5.28. The SMILES string of the molecule is COc1ccc(C2=C(SC)c3ccccc3C2=[N+](C)C)cc1. The number of methoxy groups -OCH3 is 1. The largest absolute Gasteiger partial charge is 0.497 e. The van der Waals surface area contributed by atoms with Crippen LogP contribution in [0, 0.1) is 0 Å². The molecule has 0 bridgehead atoms. The number of thioether (sulfide) groups is 1. The van der Waals surface area contributed by atoms with Crippen LogP contribution in [0.25, 0.3) is 10.5 Å². The lowest BCUT2D eigenvalue weighted by molar-refractivity contribution is -0.462. The van der Waals surface area contributed by atoms with E-state index >= 15 is 0 Å². The first-order valence-electron chi connectivity index (χ1n) is 7.24. The summed E-state index contributed by atoms with van der Waals surface area (Å²) in [6, 6.07) is 17.0. The summed E-state index contributed by atoms with van der Waals surface area (Å²) in [6.45, 7) is 0. The van der Waals surface area contributed by atoms with Crippen LogP contribution in [0.15, 0.2) is 48.5 Å². The van der Waals surface area contributed by atoms with E-state index in [2.05, 4.69) is 61.3 Å². The second-order valence-corrected chi connectivity index (χ2v) is 6.24. The molecule has 1 aliphatic carbocycles. The van der Waals surface area contributed by atoms with Crippen molar-refractivity contribution in [1.82, 2.24) is 0 Å². The Hall–Kier alpha value is -2.00. The molecular formula is C19H20NOS+. The van der Waals surface area contributed by atoms with Crippen LogP contribution in [0.1, 0.15) is 16.7 Å². The smallest absolute Gasteiger partial charge is 0.216 e. The van der Waals surface area contributed by atoms with Gasteiger partial charge in [0.1, 0.15) is 19.8 Å². The molecule has 1 aliphatic rings. The van der Waals surface area contributed by atoms with E-state index in [-0.39, 0.29) is 0 Å². The Bertz CT molecular complexity index is 768. The van der Waals surface area contributed by atoms with Crippen molar-refractivity contribution in [2.45, 2.75) is 0 Å². The minimum absolute atomic E-state index is 0.886. The topological polar surface area (TPSA) is 12.2 Å². The molecule has 0 aliphatic heterocycles. The Balaban J connectivity index is 2.25. The van der Waals surface area contributed by atoms with Crippen molar-refractivity contribution >= 4 is 28.0 Å². The van der Waals surface area contributed by atoms with Crippen LogP contribution in [-0.2, 0) is 0 Å². The normalized spacial score (nSPS) is 13.4. The van der Waals surface area contributed by atoms with Gasteiger partial charge in [0.05, 0.1) is 18.2 Å². The standard InChI is InChI=1S/C19H20NOS/c1-20(2)18-15-7-5-6-8-16(15)19(22-4)17(18)13-9-11-14(21-3)12-10-13/h5-12H,1-4H3/q+1. The summed E-state index contributed by atoms with van der Waals surface area (Å²) in [5, 5.41) is 0. The molecule has 0 saturated carbocycles. The summed E-state index contributed by atoms with van der Waals surface area (Å²) >= 11 is 1.81. The highest BCUT2D eigenvalue weighted by molar-refractivity contribution is 8.08. The van der Waals surface area contributed by atoms with Crippen LogP contribution in [0.5, 0.6) is 5.75 Å². The fourth-order valence-corrected chi connectivity index (χ4v) is 3.78. The quantitative estimate of drug-likeness (QED) is 0.794. The number of rotatable bonds is 3. The van der Waals surface area contributed by atoms with E-state index in [1.165, 1.54) is 32.9 Å². The number of nitrogens with zero attached hydrogens (tertiary/aromatic N) is 1. The van der Waals surface area contributed by atoms with E-state index in [0.29, 0.717) is 0 Å². The van der Waals surface area contributed by atoms with Gasteiger partial charge < -0.3 is 4.74 Å². The van der Waals surface area contributed by atoms with Gasteiger partial charge in [0.25, 0.3) is 0 Å². The molecule has 0 saturated heterocycles. The first-order chi connectivity index (χ1) is 10.7. The van der Waals surface area contributed by atoms with E-state index in [4.69, 9.17) is 4.74 Å². The van der Waals surface area contributed by atoms with Crippen molar-refractivity contribution in [1.29, 1.82) is 0 Å². The molecule has 3 rings (SSSR count). The fraction of sp³-hybridized carbons (Fsp3) is 0.211. The zero-order valence-corrected chi connectivity index (χ0v) is 14.2. The Morgan fingerprint density at radius 2 is 1.55 bits per heavy atom. The van der Waals surface area contributed by atoms with Crippen LogP contribution in [0.4, 0.5) is 0 Å². The summed E-state index contributed by atoms with van der Waals surface area (Å²) in [4.78, 5) is 1.34.